The molecule has 0 saturated carbocycles. The maximum Gasteiger partial charge on any atom is 0.267 e. The van der Waals surface area contributed by atoms with Crippen LogP contribution in [0.1, 0.15) is 52.4 Å². The van der Waals surface area contributed by atoms with Gasteiger partial charge in [-0.1, -0.05) is 18.2 Å². The molecule has 0 radical (unpaired) electrons. The quantitative estimate of drug-likeness (QED) is 0.273. The SMILES string of the molecule is CC/N=C(/CCNC(=O)c1cc(-c2nc(/C=C/c3cccc(OC)c3)ccc2C(N)=O)cn1C)NCC. The maximum absolute atomic E-state index is 12.9. The normalized spacial score (nSPS) is 11.5. The number of aryl methyl sites for hydroxylation is 1. The molecule has 37 heavy (non-hydrogen) atoms. The van der Waals surface area contributed by atoms with E-state index in [2.05, 4.69) is 20.6 Å². The van der Waals surface area contributed by atoms with Crippen LogP contribution in [0.2, 0.25) is 0 Å². The number of pyridine rings is 1. The van der Waals surface area contributed by atoms with Crippen molar-refractivity contribution in [3.63, 3.8) is 0 Å². The first-order chi connectivity index (χ1) is 17.9. The van der Waals surface area contributed by atoms with Gasteiger partial charge in [0.25, 0.3) is 11.8 Å². The number of methoxy groups -OCH3 is 1. The summed E-state index contributed by atoms with van der Waals surface area (Å²) in [6, 6.07) is 12.7. The average molecular weight is 503 g/mol. The van der Waals surface area contributed by atoms with E-state index in [1.54, 1.807) is 43.1 Å². The van der Waals surface area contributed by atoms with Gasteiger partial charge in [-0.3, -0.25) is 14.6 Å². The van der Waals surface area contributed by atoms with Crippen LogP contribution >= 0.6 is 0 Å². The Balaban J connectivity index is 1.83. The summed E-state index contributed by atoms with van der Waals surface area (Å²) in [6.07, 6.45) is 6.13. The van der Waals surface area contributed by atoms with Crippen LogP contribution in [0.15, 0.2) is 53.7 Å². The number of carbonyl (C=O) groups is 2. The van der Waals surface area contributed by atoms with Crippen LogP contribution in [0, 0.1) is 0 Å². The van der Waals surface area contributed by atoms with E-state index in [1.165, 1.54) is 0 Å². The number of aromatic nitrogens is 2. The highest BCUT2D eigenvalue weighted by molar-refractivity contribution is 6.00. The van der Waals surface area contributed by atoms with Gasteiger partial charge in [0.2, 0.25) is 0 Å². The zero-order chi connectivity index (χ0) is 26.8. The smallest absolute Gasteiger partial charge is 0.267 e. The standard InChI is InChI=1S/C28H34N6O3/c1-5-30-25(31-6-2)14-15-32-28(36)24-17-20(18-34(24)3)26-23(27(29)35)13-12-21(33-26)11-10-19-8-7-9-22(16-19)37-4/h7-13,16-18H,5-6,14-15H2,1-4H3,(H2,29,35)(H,30,31)(H,32,36)/b11-10+. The molecule has 2 amide bonds. The zero-order valence-corrected chi connectivity index (χ0v) is 21.7. The van der Waals surface area contributed by atoms with Gasteiger partial charge >= 0.3 is 0 Å². The number of rotatable bonds is 11. The van der Waals surface area contributed by atoms with Crippen LogP contribution in [0.4, 0.5) is 0 Å². The van der Waals surface area contributed by atoms with Gasteiger partial charge in [0.15, 0.2) is 0 Å². The average Bonchev–Trinajstić information content (AvgIpc) is 3.29. The fourth-order valence-corrected chi connectivity index (χ4v) is 3.84. The zero-order valence-electron chi connectivity index (χ0n) is 21.7. The van der Waals surface area contributed by atoms with Crippen molar-refractivity contribution in [1.82, 2.24) is 20.2 Å². The van der Waals surface area contributed by atoms with Crippen LogP contribution in [0.5, 0.6) is 5.75 Å². The fraction of sp³-hybridized carbons (Fsp3) is 0.286. The van der Waals surface area contributed by atoms with Crippen molar-refractivity contribution in [3.8, 4) is 17.0 Å². The summed E-state index contributed by atoms with van der Waals surface area (Å²) in [4.78, 5) is 34.1. The second-order valence-electron chi connectivity index (χ2n) is 8.29. The summed E-state index contributed by atoms with van der Waals surface area (Å²) < 4.78 is 6.98. The van der Waals surface area contributed by atoms with Gasteiger partial charge in [-0.15, -0.1) is 0 Å². The molecule has 2 heterocycles. The molecule has 4 N–H and O–H groups in total. The van der Waals surface area contributed by atoms with Crippen LogP contribution in [-0.4, -0.2) is 53.9 Å². The van der Waals surface area contributed by atoms with Crippen LogP contribution in [-0.2, 0) is 7.05 Å². The molecule has 194 valence electrons. The van der Waals surface area contributed by atoms with Crippen molar-refractivity contribution in [3.05, 3.63) is 71.2 Å². The molecule has 0 aliphatic rings. The van der Waals surface area contributed by atoms with E-state index in [0.29, 0.717) is 42.2 Å². The number of ether oxygens (including phenoxy) is 1. The molecule has 9 heteroatoms. The first-order valence-electron chi connectivity index (χ1n) is 12.2. The molecule has 0 saturated heterocycles. The molecular weight excluding hydrogens is 468 g/mol. The number of hydrogen-bond donors (Lipinski definition) is 3. The van der Waals surface area contributed by atoms with E-state index >= 15 is 0 Å². The molecule has 0 aliphatic carbocycles. The minimum absolute atomic E-state index is 0.226. The first kappa shape index (κ1) is 27.2. The second kappa shape index (κ2) is 13.1. The number of nitrogens with zero attached hydrogens (tertiary/aromatic N) is 3. The summed E-state index contributed by atoms with van der Waals surface area (Å²) in [7, 11) is 3.40. The lowest BCUT2D eigenvalue weighted by molar-refractivity contribution is 0.0945. The Morgan fingerprint density at radius 3 is 2.65 bits per heavy atom. The van der Waals surface area contributed by atoms with Gasteiger partial charge in [-0.05, 0) is 55.8 Å². The highest BCUT2D eigenvalue weighted by Crippen LogP contribution is 2.25. The molecule has 2 aromatic heterocycles. The Labute approximate surface area is 217 Å². The Hall–Kier alpha value is -4.40. The van der Waals surface area contributed by atoms with E-state index in [9.17, 15) is 9.59 Å². The number of nitrogens with one attached hydrogen (secondary N) is 2. The number of hydrogen-bond acceptors (Lipinski definition) is 5. The maximum atomic E-state index is 12.9. The molecule has 0 bridgehead atoms. The predicted octanol–water partition coefficient (Wildman–Crippen LogP) is 3.51. The predicted molar refractivity (Wildman–Crippen MR) is 148 cm³/mol. The summed E-state index contributed by atoms with van der Waals surface area (Å²) in [5.74, 6) is 0.806. The number of amides is 2. The van der Waals surface area contributed by atoms with Gasteiger partial charge in [0.1, 0.15) is 11.4 Å². The Bertz CT molecular complexity index is 1310. The van der Waals surface area contributed by atoms with Crippen LogP contribution in [0.3, 0.4) is 0 Å². The van der Waals surface area contributed by atoms with E-state index in [0.717, 1.165) is 23.7 Å². The summed E-state index contributed by atoms with van der Waals surface area (Å²) in [6.45, 7) is 5.88. The topological polar surface area (TPSA) is 124 Å². The van der Waals surface area contributed by atoms with Gasteiger partial charge < -0.3 is 25.7 Å². The van der Waals surface area contributed by atoms with Crippen LogP contribution < -0.4 is 21.1 Å². The van der Waals surface area contributed by atoms with E-state index in [-0.39, 0.29) is 11.5 Å². The molecule has 0 spiro atoms. The molecule has 3 aromatic rings. The molecule has 0 unspecified atom stereocenters. The molecule has 3 rings (SSSR count). The van der Waals surface area contributed by atoms with Gasteiger partial charge in [0, 0.05) is 44.9 Å². The Morgan fingerprint density at radius 1 is 1.14 bits per heavy atom. The highest BCUT2D eigenvalue weighted by atomic mass is 16.5. The third-order valence-electron chi connectivity index (χ3n) is 5.61. The minimum Gasteiger partial charge on any atom is -0.497 e. The van der Waals surface area contributed by atoms with Crippen molar-refractivity contribution in [2.75, 3.05) is 26.7 Å². The number of aliphatic imine (C=N–C) groups is 1. The lowest BCUT2D eigenvalue weighted by atomic mass is 10.1. The number of carbonyl (C=O) groups excluding carboxylic acids is 2. The highest BCUT2D eigenvalue weighted by Gasteiger charge is 2.18. The second-order valence-corrected chi connectivity index (χ2v) is 8.29. The summed E-state index contributed by atoms with van der Waals surface area (Å²) >= 11 is 0. The van der Waals surface area contributed by atoms with Gasteiger partial charge in [-0.25, -0.2) is 4.98 Å². The van der Waals surface area contributed by atoms with Gasteiger partial charge in [-0.2, -0.15) is 0 Å². The minimum atomic E-state index is -0.591. The van der Waals surface area contributed by atoms with Crippen LogP contribution in [0.25, 0.3) is 23.4 Å². The molecule has 0 fully saturated rings. The van der Waals surface area contributed by atoms with Gasteiger partial charge in [0.05, 0.1) is 29.9 Å². The molecule has 0 atom stereocenters. The third-order valence-corrected chi connectivity index (χ3v) is 5.61. The number of amidine groups is 1. The van der Waals surface area contributed by atoms with Crippen molar-refractivity contribution in [2.45, 2.75) is 20.3 Å². The summed E-state index contributed by atoms with van der Waals surface area (Å²) in [5, 5.41) is 6.15. The van der Waals surface area contributed by atoms with Crippen molar-refractivity contribution in [2.24, 2.45) is 17.8 Å². The first-order valence-corrected chi connectivity index (χ1v) is 12.2. The fourth-order valence-electron chi connectivity index (χ4n) is 3.84. The number of primary amides is 1. The van der Waals surface area contributed by atoms with E-state index in [1.807, 2.05) is 50.3 Å². The Morgan fingerprint density at radius 2 is 1.95 bits per heavy atom. The Kier molecular flexibility index (Phi) is 9.60. The summed E-state index contributed by atoms with van der Waals surface area (Å²) in [5.41, 5.74) is 8.99. The van der Waals surface area contributed by atoms with Crippen molar-refractivity contribution in [1.29, 1.82) is 0 Å². The van der Waals surface area contributed by atoms with E-state index in [4.69, 9.17) is 10.5 Å². The van der Waals surface area contributed by atoms with Crippen molar-refractivity contribution < 1.29 is 14.3 Å². The lowest BCUT2D eigenvalue weighted by Gasteiger charge is -2.09. The van der Waals surface area contributed by atoms with Crippen molar-refractivity contribution >= 4 is 29.8 Å². The molecule has 1 aromatic carbocycles. The monoisotopic (exact) mass is 502 g/mol. The molecule has 9 nitrogen and oxygen atoms in total. The molecular formula is C28H34N6O3. The third kappa shape index (κ3) is 7.30. The lowest BCUT2D eigenvalue weighted by Crippen LogP contribution is -2.31. The van der Waals surface area contributed by atoms with E-state index < -0.39 is 5.91 Å². The number of nitrogens with two attached hydrogens (primary N) is 1. The number of benzene rings is 1. The molecule has 0 aliphatic heterocycles. The largest absolute Gasteiger partial charge is 0.497 e.